The number of amides is 2. The summed E-state index contributed by atoms with van der Waals surface area (Å²) in [6.07, 6.45) is 0.369. The van der Waals surface area contributed by atoms with Gasteiger partial charge in [-0.25, -0.2) is 14.5 Å². The van der Waals surface area contributed by atoms with Crippen LogP contribution >= 0.6 is 0 Å². The molecule has 3 N–H and O–H groups in total. The van der Waals surface area contributed by atoms with Gasteiger partial charge in [0.25, 0.3) is 17.2 Å². The van der Waals surface area contributed by atoms with Crippen LogP contribution in [0.1, 0.15) is 33.6 Å². The summed E-state index contributed by atoms with van der Waals surface area (Å²) in [6.45, 7) is 6.03. The average Bonchev–Trinajstić information content (AvgIpc) is 2.75. The molecule has 1 aliphatic rings. The van der Waals surface area contributed by atoms with Crippen LogP contribution in [0.5, 0.6) is 0 Å². The number of anilines is 1. The van der Waals surface area contributed by atoms with E-state index in [-0.39, 0.29) is 5.92 Å². The van der Waals surface area contributed by atoms with Crippen LogP contribution in [0.4, 0.5) is 10.5 Å². The zero-order valence-electron chi connectivity index (χ0n) is 18.4. The minimum Gasteiger partial charge on any atom is -0.444 e. The van der Waals surface area contributed by atoms with Crippen molar-refractivity contribution in [2.45, 2.75) is 45.3 Å². The Morgan fingerprint density at radius 1 is 1.16 bits per heavy atom. The Morgan fingerprint density at radius 3 is 2.34 bits per heavy atom. The molecule has 1 aliphatic heterocycles. The van der Waals surface area contributed by atoms with E-state index < -0.39 is 34.9 Å². The summed E-state index contributed by atoms with van der Waals surface area (Å²) in [5.74, 6) is -1.15. The molecule has 3 rings (SSSR count). The average molecular weight is 464 g/mol. The van der Waals surface area contributed by atoms with Crippen molar-refractivity contribution in [3.8, 4) is 0 Å². The third-order valence-corrected chi connectivity index (χ3v) is 6.20. The van der Waals surface area contributed by atoms with E-state index in [1.165, 1.54) is 0 Å². The third-order valence-electron chi connectivity index (χ3n) is 5.43. The normalized spacial score (nSPS) is 17.0. The zero-order chi connectivity index (χ0) is 23.5. The number of hydrogen-bond donors (Lipinski definition) is 3. The molecule has 10 heteroatoms. The van der Waals surface area contributed by atoms with Crippen LogP contribution in [0.15, 0.2) is 42.5 Å². The second-order valence-corrected chi connectivity index (χ2v) is 9.67. The molecule has 1 saturated heterocycles. The molecule has 0 aliphatic carbocycles. The van der Waals surface area contributed by atoms with Crippen molar-refractivity contribution in [1.82, 2.24) is 10.4 Å². The van der Waals surface area contributed by atoms with Gasteiger partial charge < -0.3 is 9.64 Å². The van der Waals surface area contributed by atoms with E-state index in [0.29, 0.717) is 31.6 Å². The Morgan fingerprint density at radius 2 is 1.78 bits per heavy atom. The first-order valence-electron chi connectivity index (χ1n) is 10.4. The van der Waals surface area contributed by atoms with Gasteiger partial charge in [0.2, 0.25) is 0 Å². The van der Waals surface area contributed by atoms with E-state index in [4.69, 9.17) is 4.74 Å². The minimum atomic E-state index is -2.53. The maximum Gasteiger partial charge on any atom is 0.410 e. The van der Waals surface area contributed by atoms with Crippen LogP contribution in [0, 0.1) is 5.92 Å². The maximum atomic E-state index is 12.6. The largest absolute Gasteiger partial charge is 0.444 e. The van der Waals surface area contributed by atoms with Crippen molar-refractivity contribution in [1.29, 1.82) is 0 Å². The summed E-state index contributed by atoms with van der Waals surface area (Å²) < 4.78 is 29.0. The molecular formula is C22H29N3O6S. The van der Waals surface area contributed by atoms with Gasteiger partial charge in [0.1, 0.15) is 11.6 Å². The lowest BCUT2D eigenvalue weighted by molar-refractivity contribution is -0.131. The zero-order valence-corrected chi connectivity index (χ0v) is 19.2. The fourth-order valence-corrected chi connectivity index (χ4v) is 4.72. The monoisotopic (exact) mass is 463 g/mol. The predicted molar refractivity (Wildman–Crippen MR) is 121 cm³/mol. The highest BCUT2D eigenvalue weighted by Gasteiger charge is 2.40. The number of ether oxygens (including phenoxy) is 1. The van der Waals surface area contributed by atoms with Crippen molar-refractivity contribution in [3.63, 3.8) is 0 Å². The number of likely N-dealkylation sites (tertiary alicyclic amines) is 1. The Kier molecular flexibility index (Phi) is 7.37. The quantitative estimate of drug-likeness (QED) is 0.356. The van der Waals surface area contributed by atoms with E-state index in [2.05, 4.69) is 0 Å². The van der Waals surface area contributed by atoms with Gasteiger partial charge in [0.15, 0.2) is 0 Å². The van der Waals surface area contributed by atoms with Gasteiger partial charge >= 0.3 is 6.09 Å². The standard InChI is InChI=1S/C22H29N3O6S/c1-22(2,3)31-21(27)24-12-10-16(11-13-24)19(20(26)23-28)25(32(29)30)18-9-8-15-6-4-5-7-17(15)14-18/h4-9,14,16,19,28H,10-13H2,1-3H3,(H,23,26)(H,29,30). The van der Waals surface area contributed by atoms with Crippen LogP contribution in [0.3, 0.4) is 0 Å². The molecule has 9 nitrogen and oxygen atoms in total. The number of carbonyl (C=O) groups is 2. The lowest BCUT2D eigenvalue weighted by Crippen LogP contribution is -2.54. The summed E-state index contributed by atoms with van der Waals surface area (Å²) in [5.41, 5.74) is 1.40. The number of nitrogens with one attached hydrogen (secondary N) is 1. The molecule has 2 amide bonds. The molecule has 2 aromatic carbocycles. The molecule has 2 atom stereocenters. The summed E-state index contributed by atoms with van der Waals surface area (Å²) >= 11 is -2.53. The SMILES string of the molecule is CC(C)(C)OC(=O)N1CCC(C(C(=O)NO)N(c2ccc3ccccc3c2)S(=O)O)CC1. The van der Waals surface area contributed by atoms with Crippen LogP contribution in [0.2, 0.25) is 0 Å². The molecule has 0 radical (unpaired) electrons. The Bertz CT molecular complexity index is 1000. The fourth-order valence-electron chi connectivity index (χ4n) is 3.96. The van der Waals surface area contributed by atoms with Crippen molar-refractivity contribution >= 4 is 39.7 Å². The first-order chi connectivity index (χ1) is 15.1. The number of hydrogen-bond acceptors (Lipinski definition) is 5. The van der Waals surface area contributed by atoms with Crippen LogP contribution in [-0.2, 0) is 20.8 Å². The molecule has 174 valence electrons. The van der Waals surface area contributed by atoms with Crippen LogP contribution in [0.25, 0.3) is 10.8 Å². The molecule has 2 unspecified atom stereocenters. The number of carbonyl (C=O) groups excluding carboxylic acids is 2. The topological polar surface area (TPSA) is 119 Å². The molecule has 0 aromatic heterocycles. The number of nitrogens with zero attached hydrogens (tertiary/aromatic N) is 2. The van der Waals surface area contributed by atoms with Gasteiger partial charge in [0.05, 0.1) is 5.69 Å². The summed E-state index contributed by atoms with van der Waals surface area (Å²) in [6, 6.07) is 11.7. The fraction of sp³-hybridized carbons (Fsp3) is 0.455. The van der Waals surface area contributed by atoms with Crippen LogP contribution < -0.4 is 9.79 Å². The molecule has 0 spiro atoms. The molecule has 0 saturated carbocycles. The van der Waals surface area contributed by atoms with Gasteiger partial charge in [-0.15, -0.1) is 0 Å². The molecule has 1 fully saturated rings. The number of hydroxylamine groups is 1. The Balaban J connectivity index is 1.85. The Hall–Kier alpha value is -2.69. The summed E-state index contributed by atoms with van der Waals surface area (Å²) in [7, 11) is 0. The second-order valence-electron chi connectivity index (χ2n) is 8.81. The van der Waals surface area contributed by atoms with Crippen molar-refractivity contribution < 1.29 is 28.3 Å². The maximum absolute atomic E-state index is 12.6. The van der Waals surface area contributed by atoms with Crippen molar-refractivity contribution in [2.75, 3.05) is 17.4 Å². The first kappa shape index (κ1) is 24.0. The highest BCUT2D eigenvalue weighted by atomic mass is 32.2. The number of fused-ring (bicyclic) bond motifs is 1. The van der Waals surface area contributed by atoms with Crippen molar-refractivity contribution in [3.05, 3.63) is 42.5 Å². The van der Waals surface area contributed by atoms with Crippen LogP contribution in [-0.4, -0.2) is 55.6 Å². The summed E-state index contributed by atoms with van der Waals surface area (Å²) in [4.78, 5) is 26.6. The summed E-state index contributed by atoms with van der Waals surface area (Å²) in [5, 5.41) is 11.2. The van der Waals surface area contributed by atoms with Gasteiger partial charge in [-0.1, -0.05) is 30.3 Å². The molecule has 0 bridgehead atoms. The highest BCUT2D eigenvalue weighted by molar-refractivity contribution is 7.80. The molecular weight excluding hydrogens is 434 g/mol. The number of rotatable bonds is 5. The lowest BCUT2D eigenvalue weighted by atomic mass is 9.88. The predicted octanol–water partition coefficient (Wildman–Crippen LogP) is 3.30. The molecule has 32 heavy (non-hydrogen) atoms. The van der Waals surface area contributed by atoms with E-state index in [1.54, 1.807) is 43.3 Å². The van der Waals surface area contributed by atoms with E-state index in [9.17, 15) is 23.6 Å². The first-order valence-corrected chi connectivity index (χ1v) is 11.5. The molecule has 2 aromatic rings. The van der Waals surface area contributed by atoms with E-state index >= 15 is 0 Å². The lowest BCUT2D eigenvalue weighted by Gasteiger charge is -2.39. The Labute approximate surface area is 189 Å². The molecule has 1 heterocycles. The third kappa shape index (κ3) is 5.56. The second kappa shape index (κ2) is 9.85. The van der Waals surface area contributed by atoms with Gasteiger partial charge in [-0.2, -0.15) is 0 Å². The minimum absolute atomic E-state index is 0.332. The van der Waals surface area contributed by atoms with E-state index in [0.717, 1.165) is 15.1 Å². The van der Waals surface area contributed by atoms with Gasteiger partial charge in [-0.3, -0.25) is 18.9 Å². The number of piperidine rings is 1. The van der Waals surface area contributed by atoms with Gasteiger partial charge in [0, 0.05) is 13.1 Å². The number of benzene rings is 2. The van der Waals surface area contributed by atoms with Crippen molar-refractivity contribution in [2.24, 2.45) is 5.92 Å². The van der Waals surface area contributed by atoms with E-state index in [1.807, 2.05) is 30.3 Å². The smallest absolute Gasteiger partial charge is 0.410 e. The van der Waals surface area contributed by atoms with Gasteiger partial charge in [-0.05, 0) is 62.4 Å². The highest BCUT2D eigenvalue weighted by Crippen LogP contribution is 2.31.